The van der Waals surface area contributed by atoms with E-state index in [1.54, 1.807) is 12.1 Å². The van der Waals surface area contributed by atoms with Crippen molar-refractivity contribution in [2.75, 3.05) is 31.7 Å². The molecule has 1 aromatic carbocycles. The molecule has 1 atom stereocenters. The van der Waals surface area contributed by atoms with Gasteiger partial charge in [-0.2, -0.15) is 0 Å². The lowest BCUT2D eigenvalue weighted by molar-refractivity contribution is -0.0818. The van der Waals surface area contributed by atoms with Crippen LogP contribution in [0.5, 0.6) is 0 Å². The van der Waals surface area contributed by atoms with E-state index in [2.05, 4.69) is 5.32 Å². The summed E-state index contributed by atoms with van der Waals surface area (Å²) < 4.78 is 10.9. The summed E-state index contributed by atoms with van der Waals surface area (Å²) in [5.41, 5.74) is 7.27. The molecule has 3 N–H and O–H groups in total. The Hall–Kier alpha value is -0.880. The van der Waals surface area contributed by atoms with E-state index in [0.29, 0.717) is 36.4 Å². The molecule has 0 aliphatic carbocycles. The molecule has 1 aliphatic rings. The summed E-state index contributed by atoms with van der Waals surface area (Å²) in [7, 11) is 0. The fourth-order valence-electron chi connectivity index (χ4n) is 1.76. The van der Waals surface area contributed by atoms with Crippen LogP contribution >= 0.6 is 23.8 Å². The standard InChI is InChI=1S/C12H15ClN2O2S/c13-8-1-2-10(12(14)18)11(5-8)15-6-9-7-16-3-4-17-9/h1-2,5,9,15H,3-4,6-7H2,(H2,14,18). The Morgan fingerprint density at radius 1 is 1.50 bits per heavy atom. The maximum Gasteiger partial charge on any atom is 0.106 e. The van der Waals surface area contributed by atoms with Crippen molar-refractivity contribution in [3.63, 3.8) is 0 Å². The zero-order chi connectivity index (χ0) is 13.0. The second kappa shape index (κ2) is 6.33. The predicted molar refractivity (Wildman–Crippen MR) is 76.4 cm³/mol. The van der Waals surface area contributed by atoms with E-state index < -0.39 is 0 Å². The lowest BCUT2D eigenvalue weighted by atomic mass is 10.1. The molecule has 6 heteroatoms. The van der Waals surface area contributed by atoms with Crippen molar-refractivity contribution >= 4 is 34.5 Å². The summed E-state index contributed by atoms with van der Waals surface area (Å²) in [4.78, 5) is 0.343. The number of hydrogen-bond donors (Lipinski definition) is 2. The Morgan fingerprint density at radius 3 is 3.00 bits per heavy atom. The van der Waals surface area contributed by atoms with Crippen LogP contribution in [0.15, 0.2) is 18.2 Å². The highest BCUT2D eigenvalue weighted by atomic mass is 35.5. The zero-order valence-electron chi connectivity index (χ0n) is 9.82. The maximum atomic E-state index is 5.96. The van der Waals surface area contributed by atoms with E-state index in [0.717, 1.165) is 11.3 Å². The number of hydrogen-bond acceptors (Lipinski definition) is 4. The molecule has 0 saturated carbocycles. The van der Waals surface area contributed by atoms with Gasteiger partial charge < -0.3 is 20.5 Å². The summed E-state index contributed by atoms with van der Waals surface area (Å²) in [6.45, 7) is 2.52. The van der Waals surface area contributed by atoms with Gasteiger partial charge in [-0.25, -0.2) is 0 Å². The molecule has 0 aromatic heterocycles. The summed E-state index contributed by atoms with van der Waals surface area (Å²) in [6.07, 6.45) is 0.0388. The summed E-state index contributed by atoms with van der Waals surface area (Å²) >= 11 is 11.0. The number of thiocarbonyl (C=S) groups is 1. The molecule has 1 saturated heterocycles. The molecular weight excluding hydrogens is 272 g/mol. The predicted octanol–water partition coefficient (Wildman–Crippen LogP) is 1.80. The normalized spacial score (nSPS) is 19.5. The number of halogens is 1. The van der Waals surface area contributed by atoms with Crippen LogP contribution in [0.4, 0.5) is 5.69 Å². The third kappa shape index (κ3) is 3.55. The van der Waals surface area contributed by atoms with Crippen LogP contribution in [0.2, 0.25) is 5.02 Å². The third-order valence-corrected chi connectivity index (χ3v) is 3.11. The van der Waals surface area contributed by atoms with Gasteiger partial charge in [0.2, 0.25) is 0 Å². The fraction of sp³-hybridized carbons (Fsp3) is 0.417. The Labute approximate surface area is 116 Å². The number of anilines is 1. The lowest BCUT2D eigenvalue weighted by Crippen LogP contribution is -2.34. The van der Waals surface area contributed by atoms with Crippen LogP contribution < -0.4 is 11.1 Å². The van der Waals surface area contributed by atoms with Crippen molar-refractivity contribution in [2.45, 2.75) is 6.10 Å². The minimum Gasteiger partial charge on any atom is -0.389 e. The van der Waals surface area contributed by atoms with Crippen molar-refractivity contribution in [3.05, 3.63) is 28.8 Å². The first-order valence-electron chi connectivity index (χ1n) is 5.69. The second-order valence-electron chi connectivity index (χ2n) is 4.00. The molecule has 18 heavy (non-hydrogen) atoms. The van der Waals surface area contributed by atoms with Gasteiger partial charge in [-0.3, -0.25) is 0 Å². The third-order valence-electron chi connectivity index (χ3n) is 2.65. The van der Waals surface area contributed by atoms with Gasteiger partial charge in [0.25, 0.3) is 0 Å². The lowest BCUT2D eigenvalue weighted by Gasteiger charge is -2.24. The maximum absolute atomic E-state index is 5.96. The largest absolute Gasteiger partial charge is 0.389 e. The molecule has 98 valence electrons. The highest BCUT2D eigenvalue weighted by Crippen LogP contribution is 2.21. The van der Waals surface area contributed by atoms with Gasteiger partial charge in [-0.1, -0.05) is 23.8 Å². The van der Waals surface area contributed by atoms with E-state index in [9.17, 15) is 0 Å². The molecule has 1 aromatic rings. The van der Waals surface area contributed by atoms with Gasteiger partial charge >= 0.3 is 0 Å². The quantitative estimate of drug-likeness (QED) is 0.827. The molecule has 0 amide bonds. The van der Waals surface area contributed by atoms with Crippen LogP contribution in [-0.4, -0.2) is 37.5 Å². The van der Waals surface area contributed by atoms with Gasteiger partial charge in [-0.15, -0.1) is 0 Å². The smallest absolute Gasteiger partial charge is 0.106 e. The Bertz CT molecular complexity index is 436. The number of benzene rings is 1. The topological polar surface area (TPSA) is 56.5 Å². The Kier molecular flexibility index (Phi) is 4.77. The van der Waals surface area contributed by atoms with Crippen LogP contribution in [0, 0.1) is 0 Å². The molecule has 1 aliphatic heterocycles. The summed E-state index contributed by atoms with van der Waals surface area (Å²) in [5, 5.41) is 3.89. The number of nitrogens with one attached hydrogen (secondary N) is 1. The Morgan fingerprint density at radius 2 is 2.33 bits per heavy atom. The van der Waals surface area contributed by atoms with E-state index >= 15 is 0 Å². The summed E-state index contributed by atoms with van der Waals surface area (Å²) in [6, 6.07) is 5.38. The van der Waals surface area contributed by atoms with E-state index in [-0.39, 0.29) is 6.10 Å². The van der Waals surface area contributed by atoms with Crippen molar-refractivity contribution in [1.82, 2.24) is 0 Å². The van der Waals surface area contributed by atoms with Gasteiger partial charge in [0.15, 0.2) is 0 Å². The first kappa shape index (κ1) is 13.5. The molecule has 1 unspecified atom stereocenters. The highest BCUT2D eigenvalue weighted by molar-refractivity contribution is 7.80. The van der Waals surface area contributed by atoms with Gasteiger partial charge in [0.1, 0.15) is 4.99 Å². The van der Waals surface area contributed by atoms with Crippen LogP contribution in [-0.2, 0) is 9.47 Å². The molecule has 1 heterocycles. The van der Waals surface area contributed by atoms with Crippen molar-refractivity contribution in [1.29, 1.82) is 0 Å². The summed E-state index contributed by atoms with van der Waals surface area (Å²) in [5.74, 6) is 0. The number of nitrogens with two attached hydrogens (primary N) is 1. The van der Waals surface area contributed by atoms with Gasteiger partial charge in [-0.05, 0) is 18.2 Å². The van der Waals surface area contributed by atoms with Crippen molar-refractivity contribution in [2.24, 2.45) is 5.73 Å². The monoisotopic (exact) mass is 286 g/mol. The first-order valence-corrected chi connectivity index (χ1v) is 6.48. The van der Waals surface area contributed by atoms with Crippen molar-refractivity contribution in [3.8, 4) is 0 Å². The second-order valence-corrected chi connectivity index (χ2v) is 4.88. The van der Waals surface area contributed by atoms with Crippen molar-refractivity contribution < 1.29 is 9.47 Å². The van der Waals surface area contributed by atoms with Crippen LogP contribution in [0.1, 0.15) is 5.56 Å². The SMILES string of the molecule is NC(=S)c1ccc(Cl)cc1NCC1COCCO1. The molecular formula is C12H15ClN2O2S. The zero-order valence-corrected chi connectivity index (χ0v) is 11.4. The molecule has 1 fully saturated rings. The first-order chi connectivity index (χ1) is 8.66. The highest BCUT2D eigenvalue weighted by Gasteiger charge is 2.15. The van der Waals surface area contributed by atoms with Gasteiger partial charge in [0.05, 0.1) is 25.9 Å². The average molecular weight is 287 g/mol. The molecule has 4 nitrogen and oxygen atoms in total. The Balaban J connectivity index is 2.03. The molecule has 0 spiro atoms. The van der Waals surface area contributed by atoms with E-state index in [1.807, 2.05) is 6.07 Å². The fourth-order valence-corrected chi connectivity index (χ4v) is 2.11. The average Bonchev–Trinajstić information content (AvgIpc) is 2.37. The minimum atomic E-state index is 0.0388. The molecule has 0 bridgehead atoms. The number of rotatable bonds is 4. The van der Waals surface area contributed by atoms with E-state index in [1.165, 1.54) is 0 Å². The number of ether oxygens (including phenoxy) is 2. The van der Waals surface area contributed by atoms with Crippen LogP contribution in [0.3, 0.4) is 0 Å². The molecule has 2 rings (SSSR count). The molecule has 0 radical (unpaired) electrons. The van der Waals surface area contributed by atoms with Crippen LogP contribution in [0.25, 0.3) is 0 Å². The van der Waals surface area contributed by atoms with Gasteiger partial charge in [0, 0.05) is 22.8 Å². The minimum absolute atomic E-state index is 0.0388. The van der Waals surface area contributed by atoms with E-state index in [4.69, 9.17) is 39.0 Å².